The lowest BCUT2D eigenvalue weighted by molar-refractivity contribution is 0.152. The molecule has 5 rings (SSSR count). The van der Waals surface area contributed by atoms with Gasteiger partial charge < -0.3 is 0 Å². The van der Waals surface area contributed by atoms with Gasteiger partial charge in [-0.25, -0.2) is 0 Å². The topological polar surface area (TPSA) is 51.0 Å². The summed E-state index contributed by atoms with van der Waals surface area (Å²) in [5.74, 6) is 0. The van der Waals surface area contributed by atoms with Crippen LogP contribution in [0.2, 0.25) is 0 Å². The third kappa shape index (κ3) is 2.87. The fourth-order valence-corrected chi connectivity index (χ4v) is 4.74. The lowest BCUT2D eigenvalue weighted by Gasteiger charge is -2.36. The molecule has 134 valence electrons. The standard InChI is InChI=1S/C21H18N4OS/c26-21-16-8-4-5-9-18(16)22-23-25(21)14-24-12-10-19-17(11-13-27-19)20(24)15-6-2-1-3-7-15/h1-9,11,13,20H,10,12,14H2/t20-/m1/s1. The Morgan fingerprint density at radius 2 is 1.85 bits per heavy atom. The van der Waals surface area contributed by atoms with Crippen molar-refractivity contribution in [1.29, 1.82) is 0 Å². The first-order valence-corrected chi connectivity index (χ1v) is 9.87. The van der Waals surface area contributed by atoms with Crippen LogP contribution in [-0.4, -0.2) is 26.4 Å². The van der Waals surface area contributed by atoms with E-state index in [1.807, 2.05) is 41.7 Å². The van der Waals surface area contributed by atoms with Gasteiger partial charge in [-0.2, -0.15) is 4.68 Å². The molecule has 3 heterocycles. The summed E-state index contributed by atoms with van der Waals surface area (Å²) in [5.41, 5.74) is 3.11. The van der Waals surface area contributed by atoms with Crippen molar-refractivity contribution in [2.45, 2.75) is 19.1 Å². The molecule has 2 aromatic heterocycles. The van der Waals surface area contributed by atoms with Crippen molar-refractivity contribution in [1.82, 2.24) is 19.9 Å². The minimum absolute atomic E-state index is 0.0940. The van der Waals surface area contributed by atoms with Crippen LogP contribution in [-0.2, 0) is 13.1 Å². The van der Waals surface area contributed by atoms with E-state index in [4.69, 9.17) is 0 Å². The van der Waals surface area contributed by atoms with Gasteiger partial charge in [0.15, 0.2) is 0 Å². The molecule has 0 N–H and O–H groups in total. The average Bonchev–Trinajstić information content (AvgIpc) is 3.19. The zero-order valence-electron chi connectivity index (χ0n) is 14.7. The molecule has 4 aromatic rings. The van der Waals surface area contributed by atoms with Crippen molar-refractivity contribution < 1.29 is 0 Å². The summed E-state index contributed by atoms with van der Waals surface area (Å²) in [6, 6.07) is 20.2. The van der Waals surface area contributed by atoms with E-state index in [0.717, 1.165) is 13.0 Å². The minimum atomic E-state index is -0.0940. The summed E-state index contributed by atoms with van der Waals surface area (Å²) in [5, 5.41) is 11.2. The van der Waals surface area contributed by atoms with E-state index in [9.17, 15) is 4.79 Å². The predicted molar refractivity (Wildman–Crippen MR) is 107 cm³/mol. The second-order valence-corrected chi connectivity index (χ2v) is 7.73. The normalized spacial score (nSPS) is 17.1. The van der Waals surface area contributed by atoms with Gasteiger partial charge in [0.2, 0.25) is 0 Å². The molecule has 1 aliphatic rings. The number of hydrogen-bond donors (Lipinski definition) is 0. The smallest absolute Gasteiger partial charge is 0.273 e. The van der Waals surface area contributed by atoms with E-state index in [-0.39, 0.29) is 11.6 Å². The second kappa shape index (κ2) is 6.72. The fraction of sp³-hybridized carbons (Fsp3) is 0.190. The summed E-state index contributed by atoms with van der Waals surface area (Å²) in [6.07, 6.45) is 0.992. The molecule has 0 unspecified atom stereocenters. The van der Waals surface area contributed by atoms with E-state index in [0.29, 0.717) is 17.6 Å². The van der Waals surface area contributed by atoms with Crippen molar-refractivity contribution in [3.8, 4) is 0 Å². The zero-order valence-corrected chi connectivity index (χ0v) is 15.5. The summed E-state index contributed by atoms with van der Waals surface area (Å²) in [7, 11) is 0. The third-order valence-electron chi connectivity index (χ3n) is 5.13. The molecule has 6 heteroatoms. The quantitative estimate of drug-likeness (QED) is 0.551. The number of aromatic nitrogens is 3. The first-order chi connectivity index (χ1) is 13.3. The van der Waals surface area contributed by atoms with Gasteiger partial charge in [0.05, 0.1) is 18.1 Å². The Labute approximate surface area is 160 Å². The van der Waals surface area contributed by atoms with Crippen molar-refractivity contribution in [2.75, 3.05) is 6.54 Å². The number of fused-ring (bicyclic) bond motifs is 2. The van der Waals surface area contributed by atoms with Crippen LogP contribution in [0.4, 0.5) is 0 Å². The maximum atomic E-state index is 12.9. The molecule has 2 aromatic carbocycles. The molecule has 0 saturated carbocycles. The van der Waals surface area contributed by atoms with Crippen LogP contribution in [0.25, 0.3) is 10.9 Å². The molecule has 0 amide bonds. The van der Waals surface area contributed by atoms with Crippen LogP contribution >= 0.6 is 11.3 Å². The average molecular weight is 374 g/mol. The highest BCUT2D eigenvalue weighted by atomic mass is 32.1. The first-order valence-electron chi connectivity index (χ1n) is 8.99. The van der Waals surface area contributed by atoms with Gasteiger partial charge in [-0.15, -0.1) is 16.4 Å². The molecule has 0 saturated heterocycles. The van der Waals surface area contributed by atoms with Crippen LogP contribution in [0.5, 0.6) is 0 Å². The van der Waals surface area contributed by atoms with Crippen LogP contribution in [0.1, 0.15) is 22.0 Å². The molecule has 0 aliphatic carbocycles. The Bertz CT molecular complexity index is 1150. The number of nitrogens with zero attached hydrogens (tertiary/aromatic N) is 4. The van der Waals surface area contributed by atoms with Crippen LogP contribution in [0, 0.1) is 0 Å². The van der Waals surface area contributed by atoms with Crippen molar-refractivity contribution in [3.05, 3.63) is 92.4 Å². The van der Waals surface area contributed by atoms with Gasteiger partial charge in [-0.05, 0) is 41.1 Å². The molecular formula is C21H18N4OS. The molecule has 27 heavy (non-hydrogen) atoms. The highest BCUT2D eigenvalue weighted by molar-refractivity contribution is 7.10. The maximum absolute atomic E-state index is 12.9. The molecule has 1 atom stereocenters. The van der Waals surface area contributed by atoms with E-state index in [2.05, 4.69) is 50.9 Å². The van der Waals surface area contributed by atoms with Crippen molar-refractivity contribution in [2.24, 2.45) is 0 Å². The van der Waals surface area contributed by atoms with E-state index in [1.54, 1.807) is 0 Å². The molecule has 0 spiro atoms. The number of benzene rings is 2. The Hall–Kier alpha value is -2.83. The Morgan fingerprint density at radius 3 is 2.74 bits per heavy atom. The first kappa shape index (κ1) is 16.4. The van der Waals surface area contributed by atoms with Gasteiger partial charge >= 0.3 is 0 Å². The second-order valence-electron chi connectivity index (χ2n) is 6.73. The summed E-state index contributed by atoms with van der Waals surface area (Å²) in [4.78, 5) is 16.6. The van der Waals surface area contributed by atoms with Crippen molar-refractivity contribution >= 4 is 22.2 Å². The third-order valence-corrected chi connectivity index (χ3v) is 6.12. The molecule has 1 aliphatic heterocycles. The summed E-state index contributed by atoms with van der Waals surface area (Å²) < 4.78 is 1.48. The molecule has 5 nitrogen and oxygen atoms in total. The number of hydrogen-bond acceptors (Lipinski definition) is 5. The number of rotatable bonds is 3. The van der Waals surface area contributed by atoms with Crippen LogP contribution < -0.4 is 5.56 Å². The number of thiophene rings is 1. The van der Waals surface area contributed by atoms with Gasteiger partial charge in [0.1, 0.15) is 5.52 Å². The molecular weight excluding hydrogens is 356 g/mol. The van der Waals surface area contributed by atoms with Crippen LogP contribution in [0.15, 0.2) is 70.8 Å². The maximum Gasteiger partial charge on any atom is 0.278 e. The van der Waals surface area contributed by atoms with Crippen LogP contribution in [0.3, 0.4) is 0 Å². The largest absolute Gasteiger partial charge is 0.278 e. The highest BCUT2D eigenvalue weighted by Crippen LogP contribution is 2.37. The lowest BCUT2D eigenvalue weighted by Crippen LogP contribution is -2.40. The monoisotopic (exact) mass is 374 g/mol. The Morgan fingerprint density at radius 1 is 1.04 bits per heavy atom. The SMILES string of the molecule is O=c1c2ccccc2nnn1CN1CCc2sccc2[C@H]1c1ccccc1. The Kier molecular flexibility index (Phi) is 4.07. The van der Waals surface area contributed by atoms with Crippen molar-refractivity contribution in [3.63, 3.8) is 0 Å². The Balaban J connectivity index is 1.56. The minimum Gasteiger partial charge on any atom is -0.273 e. The lowest BCUT2D eigenvalue weighted by atomic mass is 9.94. The molecule has 0 bridgehead atoms. The van der Waals surface area contributed by atoms with E-state index < -0.39 is 0 Å². The van der Waals surface area contributed by atoms with E-state index >= 15 is 0 Å². The molecule has 0 fully saturated rings. The van der Waals surface area contributed by atoms with Gasteiger partial charge in [-0.1, -0.05) is 47.7 Å². The van der Waals surface area contributed by atoms with Gasteiger partial charge in [0, 0.05) is 11.4 Å². The molecule has 0 radical (unpaired) electrons. The zero-order chi connectivity index (χ0) is 18.2. The fourth-order valence-electron chi connectivity index (χ4n) is 3.83. The van der Waals surface area contributed by atoms with Gasteiger partial charge in [0.25, 0.3) is 5.56 Å². The predicted octanol–water partition coefficient (Wildman–Crippen LogP) is 3.46. The van der Waals surface area contributed by atoms with E-state index in [1.165, 1.54) is 20.7 Å². The van der Waals surface area contributed by atoms with Gasteiger partial charge in [-0.3, -0.25) is 9.69 Å². The summed E-state index contributed by atoms with van der Waals surface area (Å²) in [6.45, 7) is 1.31. The highest BCUT2D eigenvalue weighted by Gasteiger charge is 2.30. The summed E-state index contributed by atoms with van der Waals surface area (Å²) >= 11 is 1.81.